The zero-order chi connectivity index (χ0) is 9.68. The number of thioether (sulfide) groups is 1. The number of aryl methyl sites for hydroxylation is 1. The fourth-order valence-electron chi connectivity index (χ4n) is 0.950. The molecule has 1 unspecified atom stereocenters. The molecule has 0 aromatic carbocycles. The first kappa shape index (κ1) is 10.5. The Labute approximate surface area is 82.3 Å². The summed E-state index contributed by atoms with van der Waals surface area (Å²) in [5.41, 5.74) is 0. The fraction of sp³-hybridized carbons (Fsp3) is 0.857. The van der Waals surface area contributed by atoms with Crippen LogP contribution in [0.3, 0.4) is 0 Å². The van der Waals surface area contributed by atoms with Gasteiger partial charge in [0.2, 0.25) is 5.16 Å². The van der Waals surface area contributed by atoms with Gasteiger partial charge in [0.1, 0.15) is 0 Å². The molecule has 0 bridgehead atoms. The molecule has 13 heavy (non-hydrogen) atoms. The van der Waals surface area contributed by atoms with Crippen molar-refractivity contribution in [3.63, 3.8) is 0 Å². The zero-order valence-electron chi connectivity index (χ0n) is 8.19. The molecule has 74 valence electrons. The summed E-state index contributed by atoms with van der Waals surface area (Å²) in [5.74, 6) is 0.988. The van der Waals surface area contributed by atoms with Crippen molar-refractivity contribution >= 4 is 11.8 Å². The summed E-state index contributed by atoms with van der Waals surface area (Å²) in [6, 6.07) is 0.492. The lowest BCUT2D eigenvalue weighted by atomic mass is 10.4. The van der Waals surface area contributed by atoms with Crippen LogP contribution in [-0.2, 0) is 7.05 Å². The number of hydrogen-bond donors (Lipinski definition) is 1. The Morgan fingerprint density at radius 3 is 2.92 bits per heavy atom. The number of nitrogens with zero attached hydrogens (tertiary/aromatic N) is 4. The maximum Gasteiger partial charge on any atom is 0.209 e. The molecule has 1 atom stereocenters. The van der Waals surface area contributed by atoms with Gasteiger partial charge in [0.05, 0.1) is 0 Å². The van der Waals surface area contributed by atoms with E-state index in [-0.39, 0.29) is 0 Å². The molecular weight excluding hydrogens is 186 g/mol. The number of nitrogens with one attached hydrogen (secondary N) is 1. The second-order valence-electron chi connectivity index (χ2n) is 2.85. The third kappa shape index (κ3) is 3.31. The first-order valence-electron chi connectivity index (χ1n) is 4.32. The van der Waals surface area contributed by atoms with Gasteiger partial charge >= 0.3 is 0 Å². The molecule has 1 N–H and O–H groups in total. The highest BCUT2D eigenvalue weighted by Crippen LogP contribution is 2.12. The van der Waals surface area contributed by atoms with E-state index in [1.165, 1.54) is 0 Å². The van der Waals surface area contributed by atoms with Crippen LogP contribution in [0.25, 0.3) is 0 Å². The summed E-state index contributed by atoms with van der Waals surface area (Å²) in [5, 5.41) is 15.4. The first-order valence-corrected chi connectivity index (χ1v) is 5.31. The van der Waals surface area contributed by atoms with Crippen LogP contribution in [0, 0.1) is 0 Å². The Hall–Kier alpha value is -0.620. The highest BCUT2D eigenvalue weighted by Gasteiger charge is 2.05. The minimum atomic E-state index is 0.492. The van der Waals surface area contributed by atoms with Gasteiger partial charge in [-0.15, -0.1) is 5.10 Å². The molecule has 6 heteroatoms. The second-order valence-corrected chi connectivity index (χ2v) is 3.84. The lowest BCUT2D eigenvalue weighted by molar-refractivity contribution is 0.617. The molecule has 0 saturated carbocycles. The molecule has 1 heterocycles. The minimum Gasteiger partial charge on any atom is -0.314 e. The lowest BCUT2D eigenvalue weighted by Crippen LogP contribution is -2.27. The van der Waals surface area contributed by atoms with E-state index in [9.17, 15) is 0 Å². The summed E-state index contributed by atoms with van der Waals surface area (Å²) >= 11 is 1.67. The van der Waals surface area contributed by atoms with E-state index in [0.717, 1.165) is 17.5 Å². The maximum atomic E-state index is 3.88. The number of tetrazole rings is 1. The van der Waals surface area contributed by atoms with Gasteiger partial charge in [-0.05, 0) is 23.9 Å². The highest BCUT2D eigenvalue weighted by molar-refractivity contribution is 7.99. The molecule has 5 nitrogen and oxygen atoms in total. The summed E-state index contributed by atoms with van der Waals surface area (Å²) in [7, 11) is 1.85. The van der Waals surface area contributed by atoms with Crippen LogP contribution in [-0.4, -0.2) is 38.5 Å². The standard InChI is InChI=1S/C7H15N5S/c1-4-8-6(2)5-13-7-9-10-11-12(7)3/h6,8H,4-5H2,1-3H3. The molecule has 1 aromatic rings. The van der Waals surface area contributed by atoms with Gasteiger partial charge in [0, 0.05) is 18.8 Å². The first-order chi connectivity index (χ1) is 6.24. The van der Waals surface area contributed by atoms with Gasteiger partial charge in [-0.1, -0.05) is 18.7 Å². The number of aromatic nitrogens is 4. The van der Waals surface area contributed by atoms with Crippen molar-refractivity contribution in [3.8, 4) is 0 Å². The van der Waals surface area contributed by atoms with Gasteiger partial charge in [0.25, 0.3) is 0 Å². The molecule has 1 aromatic heterocycles. The SMILES string of the molecule is CCNC(C)CSc1nnnn1C. The Morgan fingerprint density at radius 2 is 2.38 bits per heavy atom. The van der Waals surface area contributed by atoms with E-state index < -0.39 is 0 Å². The Bertz CT molecular complexity index is 249. The summed E-state index contributed by atoms with van der Waals surface area (Å²) in [4.78, 5) is 0. The molecule has 1 rings (SSSR count). The topological polar surface area (TPSA) is 55.6 Å². The maximum absolute atomic E-state index is 3.88. The van der Waals surface area contributed by atoms with Crippen LogP contribution in [0.15, 0.2) is 5.16 Å². The predicted octanol–water partition coefficient (Wildman–Crippen LogP) is 0.300. The van der Waals surface area contributed by atoms with Gasteiger partial charge in [-0.3, -0.25) is 0 Å². The summed E-state index contributed by atoms with van der Waals surface area (Å²) in [6.45, 7) is 5.25. The normalized spacial score (nSPS) is 13.2. The quantitative estimate of drug-likeness (QED) is 0.694. The minimum absolute atomic E-state index is 0.492. The van der Waals surface area contributed by atoms with Crippen LogP contribution in [0.5, 0.6) is 0 Å². The molecule has 0 saturated heterocycles. The fourth-order valence-corrected chi connectivity index (χ4v) is 1.78. The predicted molar refractivity (Wildman–Crippen MR) is 52.7 cm³/mol. The van der Waals surface area contributed by atoms with E-state index in [1.54, 1.807) is 16.4 Å². The third-order valence-corrected chi connectivity index (χ3v) is 2.87. The third-order valence-electron chi connectivity index (χ3n) is 1.60. The Kier molecular flexibility index (Phi) is 4.17. The number of hydrogen-bond acceptors (Lipinski definition) is 5. The van der Waals surface area contributed by atoms with Crippen molar-refractivity contribution in [2.24, 2.45) is 7.05 Å². The van der Waals surface area contributed by atoms with Gasteiger partial charge in [-0.25, -0.2) is 4.68 Å². The van der Waals surface area contributed by atoms with Gasteiger partial charge in [0.15, 0.2) is 0 Å². The van der Waals surface area contributed by atoms with Crippen LogP contribution < -0.4 is 5.32 Å². The van der Waals surface area contributed by atoms with Crippen molar-refractivity contribution in [2.75, 3.05) is 12.3 Å². The summed E-state index contributed by atoms with van der Waals surface area (Å²) < 4.78 is 1.68. The van der Waals surface area contributed by atoms with Crippen LogP contribution >= 0.6 is 11.8 Å². The molecular formula is C7H15N5S. The Balaban J connectivity index is 2.30. The smallest absolute Gasteiger partial charge is 0.209 e. The van der Waals surface area contributed by atoms with E-state index in [0.29, 0.717) is 6.04 Å². The van der Waals surface area contributed by atoms with Crippen molar-refractivity contribution in [1.82, 2.24) is 25.5 Å². The Morgan fingerprint density at radius 1 is 1.62 bits per heavy atom. The van der Waals surface area contributed by atoms with Crippen LogP contribution in [0.1, 0.15) is 13.8 Å². The largest absolute Gasteiger partial charge is 0.314 e. The molecule has 0 amide bonds. The molecule has 0 radical (unpaired) electrons. The van der Waals surface area contributed by atoms with Crippen molar-refractivity contribution in [2.45, 2.75) is 25.0 Å². The summed E-state index contributed by atoms with van der Waals surface area (Å²) in [6.07, 6.45) is 0. The van der Waals surface area contributed by atoms with Gasteiger partial charge < -0.3 is 5.32 Å². The molecule has 0 aliphatic heterocycles. The molecule has 0 aliphatic carbocycles. The molecule has 0 spiro atoms. The van der Waals surface area contributed by atoms with E-state index in [2.05, 4.69) is 34.7 Å². The van der Waals surface area contributed by atoms with E-state index in [4.69, 9.17) is 0 Å². The van der Waals surface area contributed by atoms with E-state index in [1.807, 2.05) is 7.05 Å². The van der Waals surface area contributed by atoms with Crippen molar-refractivity contribution < 1.29 is 0 Å². The average molecular weight is 201 g/mol. The van der Waals surface area contributed by atoms with E-state index >= 15 is 0 Å². The molecule has 0 aliphatic rings. The van der Waals surface area contributed by atoms with Gasteiger partial charge in [-0.2, -0.15) is 0 Å². The second kappa shape index (κ2) is 5.18. The van der Waals surface area contributed by atoms with Crippen LogP contribution in [0.2, 0.25) is 0 Å². The van der Waals surface area contributed by atoms with Crippen molar-refractivity contribution in [1.29, 1.82) is 0 Å². The lowest BCUT2D eigenvalue weighted by Gasteiger charge is -2.09. The highest BCUT2D eigenvalue weighted by atomic mass is 32.2. The van der Waals surface area contributed by atoms with Crippen molar-refractivity contribution in [3.05, 3.63) is 0 Å². The average Bonchev–Trinajstić information content (AvgIpc) is 2.48. The zero-order valence-corrected chi connectivity index (χ0v) is 9.01. The number of rotatable bonds is 5. The monoisotopic (exact) mass is 201 g/mol. The van der Waals surface area contributed by atoms with Crippen LogP contribution in [0.4, 0.5) is 0 Å². The molecule has 0 fully saturated rings.